The van der Waals surface area contributed by atoms with E-state index in [1.54, 1.807) is 6.20 Å². The van der Waals surface area contributed by atoms with Crippen molar-refractivity contribution in [3.63, 3.8) is 0 Å². The minimum absolute atomic E-state index is 0.0216. The molecule has 3 amide bonds. The van der Waals surface area contributed by atoms with Crippen LogP contribution in [0.2, 0.25) is 0 Å². The average molecular weight is 518 g/mol. The number of carboxylic acid groups (broad SMARTS) is 1. The number of nitrogens with one attached hydrogen (secondary N) is 4. The van der Waals surface area contributed by atoms with Gasteiger partial charge in [0.25, 0.3) is 0 Å². The zero-order valence-corrected chi connectivity index (χ0v) is 20.6. The number of nitrogens with two attached hydrogens (primary N) is 2. The van der Waals surface area contributed by atoms with Crippen molar-refractivity contribution in [1.29, 1.82) is 0 Å². The molecule has 4 atom stereocenters. The first-order valence-corrected chi connectivity index (χ1v) is 12.3. The molecule has 14 heteroatoms. The molecule has 1 fully saturated rings. The minimum Gasteiger partial charge on any atom is -0.480 e. The maximum Gasteiger partial charge on any atom is 0.326 e. The Hall–Kier alpha value is -3.78. The molecular weight excluding hydrogens is 482 g/mol. The van der Waals surface area contributed by atoms with Gasteiger partial charge in [-0.2, -0.15) is 0 Å². The first-order valence-electron chi connectivity index (χ1n) is 12.3. The second kappa shape index (κ2) is 13.5. The maximum absolute atomic E-state index is 13.5. The number of aromatic nitrogens is 4. The largest absolute Gasteiger partial charge is 0.480 e. The lowest BCUT2D eigenvalue weighted by atomic mass is 10.1. The Morgan fingerprint density at radius 1 is 1.05 bits per heavy atom. The van der Waals surface area contributed by atoms with Crippen molar-refractivity contribution in [3.05, 3.63) is 36.4 Å². The van der Waals surface area contributed by atoms with E-state index in [9.17, 15) is 24.3 Å². The number of aliphatic carboxylic acids is 1. The smallest absolute Gasteiger partial charge is 0.326 e. The number of carbonyl (C=O) groups excluding carboxylic acids is 3. The Morgan fingerprint density at radius 2 is 1.73 bits per heavy atom. The van der Waals surface area contributed by atoms with Crippen LogP contribution in [0.25, 0.3) is 0 Å². The van der Waals surface area contributed by atoms with Crippen LogP contribution in [-0.4, -0.2) is 90.9 Å². The summed E-state index contributed by atoms with van der Waals surface area (Å²) in [6, 6.07) is -3.82. The molecule has 202 valence electrons. The van der Waals surface area contributed by atoms with Gasteiger partial charge in [0, 0.05) is 43.2 Å². The van der Waals surface area contributed by atoms with Gasteiger partial charge in [-0.05, 0) is 38.6 Å². The summed E-state index contributed by atoms with van der Waals surface area (Å²) in [5, 5.41) is 14.9. The Bertz CT molecular complexity index is 1030. The van der Waals surface area contributed by atoms with E-state index < -0.39 is 47.9 Å². The summed E-state index contributed by atoms with van der Waals surface area (Å²) in [6.07, 6.45) is 8.76. The third-order valence-electron chi connectivity index (χ3n) is 6.32. The molecule has 4 unspecified atom stereocenters. The highest BCUT2D eigenvalue weighted by atomic mass is 16.4. The van der Waals surface area contributed by atoms with E-state index in [-0.39, 0.29) is 12.8 Å². The Balaban J connectivity index is 1.66. The number of unbranched alkanes of at least 4 members (excludes halogenated alkanes) is 1. The van der Waals surface area contributed by atoms with Gasteiger partial charge in [0.05, 0.1) is 18.7 Å². The zero-order chi connectivity index (χ0) is 26.8. The van der Waals surface area contributed by atoms with Gasteiger partial charge in [0.1, 0.15) is 18.1 Å². The summed E-state index contributed by atoms with van der Waals surface area (Å²) >= 11 is 0. The van der Waals surface area contributed by atoms with E-state index in [4.69, 9.17) is 11.5 Å². The number of amides is 3. The van der Waals surface area contributed by atoms with Crippen molar-refractivity contribution in [2.75, 3.05) is 13.1 Å². The number of carboxylic acids is 1. The standard InChI is InChI=1S/C23H35N9O5/c24-6-2-1-4-17(30-20(33)16(25)8-14-10-26-12-28-14)22(35)32-7-3-5-19(32)21(34)31-18(23(36)37)9-15-11-27-13-29-15/h10-13,16-19H,1-9,24-25H2,(H,26,28)(H,27,29)(H,30,33)(H,31,34)(H,36,37). The molecule has 9 N–H and O–H groups in total. The summed E-state index contributed by atoms with van der Waals surface area (Å²) in [5.74, 6) is -2.65. The van der Waals surface area contributed by atoms with Crippen molar-refractivity contribution >= 4 is 23.7 Å². The number of H-pyrrole nitrogens is 2. The third kappa shape index (κ3) is 7.85. The lowest BCUT2D eigenvalue weighted by Gasteiger charge is -2.30. The maximum atomic E-state index is 13.5. The number of nitrogens with zero attached hydrogens (tertiary/aromatic N) is 3. The van der Waals surface area contributed by atoms with Gasteiger partial charge in [-0.15, -0.1) is 0 Å². The molecule has 0 bridgehead atoms. The summed E-state index contributed by atoms with van der Waals surface area (Å²) in [7, 11) is 0. The SMILES string of the molecule is NCCCCC(NC(=O)C(N)Cc1cnc[nH]1)C(=O)N1CCCC1C(=O)NC(Cc1cnc[nH]1)C(=O)O. The number of carbonyl (C=O) groups is 4. The quantitative estimate of drug-likeness (QED) is 0.143. The number of hydrogen-bond donors (Lipinski definition) is 7. The molecule has 2 aromatic rings. The van der Waals surface area contributed by atoms with Crippen LogP contribution in [0.3, 0.4) is 0 Å². The molecule has 2 aromatic heterocycles. The molecule has 3 rings (SSSR count). The van der Waals surface area contributed by atoms with Crippen LogP contribution < -0.4 is 22.1 Å². The highest BCUT2D eigenvalue weighted by Gasteiger charge is 2.39. The highest BCUT2D eigenvalue weighted by Crippen LogP contribution is 2.20. The van der Waals surface area contributed by atoms with Gasteiger partial charge in [-0.3, -0.25) is 14.4 Å². The van der Waals surface area contributed by atoms with E-state index in [0.717, 1.165) is 0 Å². The summed E-state index contributed by atoms with van der Waals surface area (Å²) in [6.45, 7) is 0.758. The topological polar surface area (TPSA) is 225 Å². The number of imidazole rings is 2. The second-order valence-electron chi connectivity index (χ2n) is 9.10. The molecular formula is C23H35N9O5. The second-order valence-corrected chi connectivity index (χ2v) is 9.10. The predicted molar refractivity (Wildman–Crippen MR) is 132 cm³/mol. The van der Waals surface area contributed by atoms with Gasteiger partial charge in [0.2, 0.25) is 17.7 Å². The molecule has 0 spiro atoms. The third-order valence-corrected chi connectivity index (χ3v) is 6.32. The van der Waals surface area contributed by atoms with Crippen LogP contribution in [-0.2, 0) is 32.0 Å². The molecule has 0 aliphatic carbocycles. The lowest BCUT2D eigenvalue weighted by Crippen LogP contribution is -2.57. The fraction of sp³-hybridized carbons (Fsp3) is 0.565. The zero-order valence-electron chi connectivity index (χ0n) is 20.6. The van der Waals surface area contributed by atoms with Crippen molar-refractivity contribution in [1.82, 2.24) is 35.5 Å². The van der Waals surface area contributed by atoms with Crippen molar-refractivity contribution in [2.45, 2.75) is 69.1 Å². The van der Waals surface area contributed by atoms with E-state index in [1.165, 1.54) is 23.8 Å². The summed E-state index contributed by atoms with van der Waals surface area (Å²) in [5.41, 5.74) is 12.9. The Morgan fingerprint density at radius 3 is 2.32 bits per heavy atom. The van der Waals surface area contributed by atoms with Crippen LogP contribution in [0.5, 0.6) is 0 Å². The van der Waals surface area contributed by atoms with Crippen LogP contribution >= 0.6 is 0 Å². The van der Waals surface area contributed by atoms with E-state index in [0.29, 0.717) is 56.6 Å². The molecule has 37 heavy (non-hydrogen) atoms. The number of aromatic amines is 2. The van der Waals surface area contributed by atoms with Gasteiger partial charge in [0.15, 0.2) is 0 Å². The van der Waals surface area contributed by atoms with Gasteiger partial charge in [-0.25, -0.2) is 14.8 Å². The Kier molecular flexibility index (Phi) is 10.1. The van der Waals surface area contributed by atoms with E-state index in [2.05, 4.69) is 30.6 Å². The van der Waals surface area contributed by atoms with Gasteiger partial charge < -0.3 is 42.1 Å². The van der Waals surface area contributed by atoms with Crippen LogP contribution in [0.4, 0.5) is 0 Å². The van der Waals surface area contributed by atoms with Crippen molar-refractivity contribution < 1.29 is 24.3 Å². The van der Waals surface area contributed by atoms with Crippen molar-refractivity contribution in [3.8, 4) is 0 Å². The Labute approximate surface area is 214 Å². The fourth-order valence-electron chi connectivity index (χ4n) is 4.34. The van der Waals surface area contributed by atoms with Gasteiger partial charge in [-0.1, -0.05) is 0 Å². The molecule has 1 aliphatic heterocycles. The summed E-state index contributed by atoms with van der Waals surface area (Å²) in [4.78, 5) is 66.0. The van der Waals surface area contributed by atoms with Crippen LogP contribution in [0.15, 0.2) is 25.0 Å². The molecule has 1 saturated heterocycles. The average Bonchev–Trinajstić information content (AvgIpc) is 3.65. The first kappa shape index (κ1) is 27.8. The molecule has 0 radical (unpaired) electrons. The van der Waals surface area contributed by atoms with Gasteiger partial charge >= 0.3 is 5.97 Å². The number of likely N-dealkylation sites (tertiary alicyclic amines) is 1. The molecule has 3 heterocycles. The predicted octanol–water partition coefficient (Wildman–Crippen LogP) is -1.58. The minimum atomic E-state index is -1.20. The monoisotopic (exact) mass is 517 g/mol. The van der Waals surface area contributed by atoms with E-state index in [1.807, 2.05) is 0 Å². The number of hydrogen-bond acceptors (Lipinski definition) is 8. The highest BCUT2D eigenvalue weighted by molar-refractivity contribution is 5.94. The fourth-order valence-corrected chi connectivity index (χ4v) is 4.34. The molecule has 14 nitrogen and oxygen atoms in total. The van der Waals surface area contributed by atoms with Crippen LogP contribution in [0, 0.1) is 0 Å². The van der Waals surface area contributed by atoms with Crippen LogP contribution in [0.1, 0.15) is 43.5 Å². The molecule has 0 saturated carbocycles. The summed E-state index contributed by atoms with van der Waals surface area (Å²) < 4.78 is 0. The number of rotatable bonds is 14. The lowest BCUT2D eigenvalue weighted by molar-refractivity contribution is -0.145. The van der Waals surface area contributed by atoms with Crippen molar-refractivity contribution in [2.24, 2.45) is 11.5 Å². The molecule has 0 aromatic carbocycles. The molecule has 1 aliphatic rings. The first-order chi connectivity index (χ1) is 17.8. The normalized spacial score (nSPS) is 17.7. The van der Waals surface area contributed by atoms with E-state index >= 15 is 0 Å².